The molecular formula is C13H16N2O2. The molecule has 3 rings (SSSR count). The fourth-order valence-corrected chi connectivity index (χ4v) is 2.35. The van der Waals surface area contributed by atoms with Crippen molar-refractivity contribution in [1.82, 2.24) is 10.3 Å². The summed E-state index contributed by atoms with van der Waals surface area (Å²) in [4.78, 5) is 4.14. The highest BCUT2D eigenvalue weighted by Crippen LogP contribution is 2.36. The Balaban J connectivity index is 1.94. The van der Waals surface area contributed by atoms with Crippen LogP contribution in [-0.4, -0.2) is 31.8 Å². The maximum atomic E-state index is 5.41. The van der Waals surface area contributed by atoms with Crippen LogP contribution in [0.3, 0.4) is 0 Å². The third-order valence-electron chi connectivity index (χ3n) is 3.55. The monoisotopic (exact) mass is 232 g/mol. The van der Waals surface area contributed by atoms with Gasteiger partial charge in [-0.1, -0.05) is 6.07 Å². The lowest BCUT2D eigenvalue weighted by atomic mass is 9.76. The van der Waals surface area contributed by atoms with Gasteiger partial charge < -0.3 is 14.5 Å². The van der Waals surface area contributed by atoms with Crippen molar-refractivity contribution in [3.63, 3.8) is 0 Å². The Labute approximate surface area is 100.0 Å². The Hall–Kier alpha value is -1.39. The van der Waals surface area contributed by atoms with Crippen molar-refractivity contribution in [3.8, 4) is 0 Å². The molecule has 1 aromatic carbocycles. The maximum Gasteiger partial charge on any atom is 0.181 e. The van der Waals surface area contributed by atoms with E-state index in [1.54, 1.807) is 0 Å². The van der Waals surface area contributed by atoms with Crippen molar-refractivity contribution in [2.75, 3.05) is 26.8 Å². The topological polar surface area (TPSA) is 47.3 Å². The summed E-state index contributed by atoms with van der Waals surface area (Å²) in [5.41, 5.74) is 3.23. The number of ether oxygens (including phenoxy) is 1. The van der Waals surface area contributed by atoms with Crippen LogP contribution in [-0.2, 0) is 10.2 Å². The molecule has 2 aromatic rings. The minimum absolute atomic E-state index is 0.157. The number of oxazole rings is 1. The highest BCUT2D eigenvalue weighted by Gasteiger charge is 2.39. The Bertz CT molecular complexity index is 517. The van der Waals surface area contributed by atoms with Gasteiger partial charge in [0.25, 0.3) is 0 Å². The van der Waals surface area contributed by atoms with Crippen LogP contribution in [0, 0.1) is 0 Å². The molecule has 0 amide bonds. The number of nitrogens with zero attached hydrogens (tertiary/aromatic N) is 1. The average molecular weight is 232 g/mol. The average Bonchev–Trinajstić information content (AvgIpc) is 2.75. The van der Waals surface area contributed by atoms with Crippen molar-refractivity contribution >= 4 is 11.1 Å². The second-order valence-electron chi connectivity index (χ2n) is 4.66. The van der Waals surface area contributed by atoms with Crippen molar-refractivity contribution in [1.29, 1.82) is 0 Å². The van der Waals surface area contributed by atoms with E-state index < -0.39 is 0 Å². The zero-order chi connectivity index (χ0) is 11.7. The first-order chi connectivity index (χ1) is 8.34. The van der Waals surface area contributed by atoms with Gasteiger partial charge in [-0.25, -0.2) is 4.98 Å². The second-order valence-corrected chi connectivity index (χ2v) is 4.66. The van der Waals surface area contributed by atoms with Crippen molar-refractivity contribution < 1.29 is 9.15 Å². The molecule has 2 heterocycles. The maximum absolute atomic E-state index is 5.41. The lowest BCUT2D eigenvalue weighted by Crippen LogP contribution is -2.48. The molecular weight excluding hydrogens is 216 g/mol. The first kappa shape index (κ1) is 10.7. The number of hydrogen-bond acceptors (Lipinski definition) is 4. The number of fused-ring (bicyclic) bond motifs is 1. The molecule has 0 saturated carbocycles. The molecule has 17 heavy (non-hydrogen) atoms. The van der Waals surface area contributed by atoms with Crippen LogP contribution >= 0.6 is 0 Å². The van der Waals surface area contributed by atoms with E-state index in [1.165, 1.54) is 12.0 Å². The van der Waals surface area contributed by atoms with E-state index in [-0.39, 0.29) is 5.41 Å². The summed E-state index contributed by atoms with van der Waals surface area (Å²) in [5.74, 6) is 0. The fraction of sp³-hybridized carbons (Fsp3) is 0.462. The van der Waals surface area contributed by atoms with Gasteiger partial charge in [-0.3, -0.25) is 0 Å². The normalized spacial score (nSPS) is 18.2. The Morgan fingerprint density at radius 2 is 2.29 bits per heavy atom. The summed E-state index contributed by atoms with van der Waals surface area (Å²) in [6.45, 7) is 2.60. The predicted molar refractivity (Wildman–Crippen MR) is 65.0 cm³/mol. The molecule has 0 radical (unpaired) electrons. The van der Waals surface area contributed by atoms with Gasteiger partial charge in [0.05, 0.1) is 13.2 Å². The van der Waals surface area contributed by atoms with Crippen LogP contribution < -0.4 is 5.32 Å². The summed E-state index contributed by atoms with van der Waals surface area (Å²) in [5, 5.41) is 3.20. The van der Waals surface area contributed by atoms with Crippen molar-refractivity contribution in [3.05, 3.63) is 30.2 Å². The van der Waals surface area contributed by atoms with Crippen molar-refractivity contribution in [2.24, 2.45) is 0 Å². The van der Waals surface area contributed by atoms with E-state index in [9.17, 15) is 0 Å². The third kappa shape index (κ3) is 1.73. The first-order valence-electron chi connectivity index (χ1n) is 5.90. The number of hydrogen-bond donors (Lipinski definition) is 1. The highest BCUT2D eigenvalue weighted by atomic mass is 16.5. The van der Waals surface area contributed by atoms with E-state index in [0.717, 1.165) is 37.3 Å². The minimum atomic E-state index is 0.157. The first-order valence-corrected chi connectivity index (χ1v) is 5.90. The fourth-order valence-electron chi connectivity index (χ4n) is 2.35. The Morgan fingerprint density at radius 3 is 3.00 bits per heavy atom. The molecule has 0 bridgehead atoms. The van der Waals surface area contributed by atoms with Crippen LogP contribution in [0.1, 0.15) is 12.0 Å². The zero-order valence-corrected chi connectivity index (χ0v) is 9.90. The van der Waals surface area contributed by atoms with Crippen LogP contribution in [0.2, 0.25) is 0 Å². The van der Waals surface area contributed by atoms with E-state index in [4.69, 9.17) is 9.15 Å². The lowest BCUT2D eigenvalue weighted by molar-refractivity contribution is -0.0637. The van der Waals surface area contributed by atoms with Crippen LogP contribution in [0.15, 0.2) is 29.0 Å². The third-order valence-corrected chi connectivity index (χ3v) is 3.55. The second kappa shape index (κ2) is 4.13. The summed E-state index contributed by atoms with van der Waals surface area (Å²) < 4.78 is 10.8. The molecule has 90 valence electrons. The van der Waals surface area contributed by atoms with Gasteiger partial charge in [-0.05, 0) is 37.7 Å². The molecule has 1 saturated heterocycles. The molecule has 0 atom stereocenters. The molecule has 4 heteroatoms. The largest absolute Gasteiger partial charge is 0.443 e. The summed E-state index contributed by atoms with van der Waals surface area (Å²) in [6, 6.07) is 6.26. The van der Waals surface area contributed by atoms with Crippen molar-refractivity contribution in [2.45, 2.75) is 11.8 Å². The molecule has 1 N–H and O–H groups in total. The quantitative estimate of drug-likeness (QED) is 0.871. The smallest absolute Gasteiger partial charge is 0.181 e. The van der Waals surface area contributed by atoms with E-state index in [2.05, 4.69) is 22.4 Å². The standard InChI is InChI=1S/C13H16N2O2/c1-14-5-4-13(7-16-8-13)10-2-3-11-12(6-10)17-9-15-11/h2-3,6,9,14H,4-5,7-8H2,1H3. The zero-order valence-electron chi connectivity index (χ0n) is 9.90. The number of benzene rings is 1. The van der Waals surface area contributed by atoms with Crippen LogP contribution in [0.5, 0.6) is 0 Å². The van der Waals surface area contributed by atoms with Gasteiger partial charge in [-0.15, -0.1) is 0 Å². The van der Waals surface area contributed by atoms with Gasteiger partial charge in [0.1, 0.15) is 5.52 Å². The lowest BCUT2D eigenvalue weighted by Gasteiger charge is -2.42. The molecule has 0 unspecified atom stereocenters. The van der Waals surface area contributed by atoms with E-state index in [1.807, 2.05) is 13.1 Å². The van der Waals surface area contributed by atoms with Crippen LogP contribution in [0.25, 0.3) is 11.1 Å². The Morgan fingerprint density at radius 1 is 1.41 bits per heavy atom. The van der Waals surface area contributed by atoms with Gasteiger partial charge in [0.2, 0.25) is 0 Å². The molecule has 1 aromatic heterocycles. The van der Waals surface area contributed by atoms with Gasteiger partial charge >= 0.3 is 0 Å². The van der Waals surface area contributed by atoms with Gasteiger partial charge in [0, 0.05) is 5.41 Å². The molecule has 0 aliphatic carbocycles. The highest BCUT2D eigenvalue weighted by molar-refractivity contribution is 5.73. The minimum Gasteiger partial charge on any atom is -0.443 e. The number of aromatic nitrogens is 1. The number of rotatable bonds is 4. The predicted octanol–water partition coefficient (Wildman–Crippen LogP) is 1.71. The number of nitrogens with one attached hydrogen (secondary N) is 1. The Kier molecular flexibility index (Phi) is 2.61. The summed E-state index contributed by atoms with van der Waals surface area (Å²) >= 11 is 0. The SMILES string of the molecule is CNCCC1(c2ccc3ncoc3c2)COC1. The van der Waals surface area contributed by atoms with E-state index in [0.29, 0.717) is 0 Å². The molecule has 1 fully saturated rings. The summed E-state index contributed by atoms with van der Waals surface area (Å²) in [6.07, 6.45) is 2.58. The van der Waals surface area contributed by atoms with Gasteiger partial charge in [-0.2, -0.15) is 0 Å². The summed E-state index contributed by atoms with van der Waals surface area (Å²) in [7, 11) is 1.98. The molecule has 1 aliphatic rings. The molecule has 0 spiro atoms. The molecule has 4 nitrogen and oxygen atoms in total. The van der Waals surface area contributed by atoms with Gasteiger partial charge in [0.15, 0.2) is 12.0 Å². The van der Waals surface area contributed by atoms with E-state index >= 15 is 0 Å². The van der Waals surface area contributed by atoms with Crippen LogP contribution in [0.4, 0.5) is 0 Å². The molecule has 1 aliphatic heterocycles.